The fourth-order valence-corrected chi connectivity index (χ4v) is 1.43. The SMILES string of the molecule is COc1cc(N(C)CCCCCN)ncn1. The summed E-state index contributed by atoms with van der Waals surface area (Å²) in [6.07, 6.45) is 4.88. The van der Waals surface area contributed by atoms with E-state index in [2.05, 4.69) is 14.9 Å². The Labute approximate surface area is 96.6 Å². The van der Waals surface area contributed by atoms with Crippen LogP contribution in [0.5, 0.6) is 5.88 Å². The molecular weight excluding hydrogens is 204 g/mol. The molecule has 0 aliphatic carbocycles. The fourth-order valence-electron chi connectivity index (χ4n) is 1.43. The van der Waals surface area contributed by atoms with Gasteiger partial charge in [-0.05, 0) is 19.4 Å². The second-order valence-corrected chi connectivity index (χ2v) is 3.69. The molecule has 0 aromatic carbocycles. The molecule has 0 amide bonds. The Hall–Kier alpha value is -1.36. The van der Waals surface area contributed by atoms with E-state index in [0.717, 1.165) is 38.2 Å². The highest BCUT2D eigenvalue weighted by Crippen LogP contribution is 2.14. The lowest BCUT2D eigenvalue weighted by Gasteiger charge is -2.17. The molecule has 1 aromatic heterocycles. The maximum Gasteiger partial charge on any atom is 0.218 e. The molecular formula is C11H20N4O. The van der Waals surface area contributed by atoms with Gasteiger partial charge in [-0.2, -0.15) is 0 Å². The Morgan fingerprint density at radius 1 is 1.31 bits per heavy atom. The van der Waals surface area contributed by atoms with Crippen LogP contribution in [-0.4, -0.2) is 37.2 Å². The molecule has 1 aromatic rings. The lowest BCUT2D eigenvalue weighted by Crippen LogP contribution is -2.20. The minimum Gasteiger partial charge on any atom is -0.481 e. The van der Waals surface area contributed by atoms with Crippen molar-refractivity contribution in [2.45, 2.75) is 19.3 Å². The average molecular weight is 224 g/mol. The molecule has 1 rings (SSSR count). The normalized spacial score (nSPS) is 10.2. The molecule has 1 heterocycles. The highest BCUT2D eigenvalue weighted by Gasteiger charge is 2.03. The van der Waals surface area contributed by atoms with Crippen LogP contribution < -0.4 is 15.4 Å². The summed E-state index contributed by atoms with van der Waals surface area (Å²) in [6.45, 7) is 1.74. The monoisotopic (exact) mass is 224 g/mol. The predicted octanol–water partition coefficient (Wildman–Crippen LogP) is 1.05. The van der Waals surface area contributed by atoms with Gasteiger partial charge in [0, 0.05) is 19.7 Å². The van der Waals surface area contributed by atoms with Crippen LogP contribution in [0.15, 0.2) is 12.4 Å². The van der Waals surface area contributed by atoms with Crippen molar-refractivity contribution >= 4 is 5.82 Å². The lowest BCUT2D eigenvalue weighted by atomic mass is 10.2. The minimum atomic E-state index is 0.596. The van der Waals surface area contributed by atoms with E-state index in [4.69, 9.17) is 10.5 Å². The van der Waals surface area contributed by atoms with Gasteiger partial charge in [-0.3, -0.25) is 0 Å². The smallest absolute Gasteiger partial charge is 0.218 e. The van der Waals surface area contributed by atoms with Crippen LogP contribution in [0.3, 0.4) is 0 Å². The first kappa shape index (κ1) is 12.7. The summed E-state index contributed by atoms with van der Waals surface area (Å²) in [6, 6.07) is 1.84. The molecule has 90 valence electrons. The predicted molar refractivity (Wildman–Crippen MR) is 64.8 cm³/mol. The topological polar surface area (TPSA) is 64.3 Å². The number of ether oxygens (including phenoxy) is 1. The van der Waals surface area contributed by atoms with E-state index in [9.17, 15) is 0 Å². The van der Waals surface area contributed by atoms with E-state index >= 15 is 0 Å². The zero-order valence-corrected chi connectivity index (χ0v) is 10.0. The third-order valence-corrected chi connectivity index (χ3v) is 2.43. The summed E-state index contributed by atoms with van der Waals surface area (Å²) in [5, 5.41) is 0. The van der Waals surface area contributed by atoms with Crippen LogP contribution in [0.2, 0.25) is 0 Å². The first-order chi connectivity index (χ1) is 7.77. The Bertz CT molecular complexity index is 306. The molecule has 0 atom stereocenters. The van der Waals surface area contributed by atoms with Crippen LogP contribution in [0.1, 0.15) is 19.3 Å². The summed E-state index contributed by atoms with van der Waals surface area (Å²) in [5.41, 5.74) is 5.44. The molecule has 5 nitrogen and oxygen atoms in total. The van der Waals surface area contributed by atoms with Gasteiger partial charge >= 0.3 is 0 Å². The van der Waals surface area contributed by atoms with Gasteiger partial charge in [0.15, 0.2) is 0 Å². The van der Waals surface area contributed by atoms with Crippen molar-refractivity contribution in [3.8, 4) is 5.88 Å². The number of nitrogens with two attached hydrogens (primary N) is 1. The van der Waals surface area contributed by atoms with E-state index in [-0.39, 0.29) is 0 Å². The zero-order chi connectivity index (χ0) is 11.8. The molecule has 0 saturated carbocycles. The first-order valence-electron chi connectivity index (χ1n) is 5.55. The second-order valence-electron chi connectivity index (χ2n) is 3.69. The number of unbranched alkanes of at least 4 members (excludes halogenated alkanes) is 2. The number of aromatic nitrogens is 2. The summed E-state index contributed by atoms with van der Waals surface area (Å²) in [5.74, 6) is 1.48. The van der Waals surface area contributed by atoms with Crippen molar-refractivity contribution in [1.29, 1.82) is 0 Å². The number of anilines is 1. The summed E-state index contributed by atoms with van der Waals surface area (Å²) < 4.78 is 5.05. The van der Waals surface area contributed by atoms with Gasteiger partial charge in [0.1, 0.15) is 12.1 Å². The summed E-state index contributed by atoms with van der Waals surface area (Å²) in [4.78, 5) is 10.3. The fraction of sp³-hybridized carbons (Fsp3) is 0.636. The molecule has 2 N–H and O–H groups in total. The molecule has 0 unspecified atom stereocenters. The molecule has 0 aliphatic heterocycles. The molecule has 5 heteroatoms. The quantitative estimate of drug-likeness (QED) is 0.701. The minimum absolute atomic E-state index is 0.596. The van der Waals surface area contributed by atoms with E-state index < -0.39 is 0 Å². The molecule has 0 saturated heterocycles. The van der Waals surface area contributed by atoms with Gasteiger partial charge < -0.3 is 15.4 Å². The number of hydrogen-bond acceptors (Lipinski definition) is 5. The van der Waals surface area contributed by atoms with Crippen molar-refractivity contribution < 1.29 is 4.74 Å². The van der Waals surface area contributed by atoms with Crippen LogP contribution in [-0.2, 0) is 0 Å². The standard InChI is InChI=1S/C11H20N4O/c1-15(7-5-3-4-6-12)10-8-11(16-2)14-9-13-10/h8-9H,3-7,12H2,1-2H3. The molecule has 0 bridgehead atoms. The van der Waals surface area contributed by atoms with Gasteiger partial charge in [0.2, 0.25) is 5.88 Å². The number of rotatable bonds is 7. The van der Waals surface area contributed by atoms with E-state index in [1.165, 1.54) is 6.33 Å². The van der Waals surface area contributed by atoms with Crippen LogP contribution >= 0.6 is 0 Å². The van der Waals surface area contributed by atoms with E-state index in [1.54, 1.807) is 7.11 Å². The average Bonchev–Trinajstić information content (AvgIpc) is 2.34. The molecule has 0 fully saturated rings. The van der Waals surface area contributed by atoms with Gasteiger partial charge in [-0.1, -0.05) is 6.42 Å². The van der Waals surface area contributed by atoms with Crippen LogP contribution in [0.25, 0.3) is 0 Å². The summed E-state index contributed by atoms with van der Waals surface area (Å²) >= 11 is 0. The first-order valence-corrected chi connectivity index (χ1v) is 5.55. The molecule has 0 aliphatic rings. The zero-order valence-electron chi connectivity index (χ0n) is 10.0. The van der Waals surface area contributed by atoms with Gasteiger partial charge in [0.25, 0.3) is 0 Å². The van der Waals surface area contributed by atoms with Crippen molar-refractivity contribution in [1.82, 2.24) is 9.97 Å². The summed E-state index contributed by atoms with van der Waals surface area (Å²) in [7, 11) is 3.62. The van der Waals surface area contributed by atoms with E-state index in [0.29, 0.717) is 5.88 Å². The van der Waals surface area contributed by atoms with Gasteiger partial charge in [-0.25, -0.2) is 9.97 Å². The van der Waals surface area contributed by atoms with Gasteiger partial charge in [-0.15, -0.1) is 0 Å². The second kappa shape index (κ2) is 7.00. The molecule has 0 spiro atoms. The third kappa shape index (κ3) is 4.02. The maximum atomic E-state index is 5.44. The van der Waals surface area contributed by atoms with Crippen molar-refractivity contribution in [2.24, 2.45) is 5.73 Å². The Kier molecular flexibility index (Phi) is 5.56. The lowest BCUT2D eigenvalue weighted by molar-refractivity contribution is 0.397. The number of hydrogen-bond donors (Lipinski definition) is 1. The Morgan fingerprint density at radius 2 is 2.12 bits per heavy atom. The third-order valence-electron chi connectivity index (χ3n) is 2.43. The van der Waals surface area contributed by atoms with E-state index in [1.807, 2.05) is 13.1 Å². The van der Waals surface area contributed by atoms with Crippen molar-refractivity contribution in [3.63, 3.8) is 0 Å². The Morgan fingerprint density at radius 3 is 2.81 bits per heavy atom. The van der Waals surface area contributed by atoms with Crippen LogP contribution in [0, 0.1) is 0 Å². The van der Waals surface area contributed by atoms with Crippen molar-refractivity contribution in [2.75, 3.05) is 32.1 Å². The highest BCUT2D eigenvalue weighted by molar-refractivity contribution is 5.39. The molecule has 0 radical (unpaired) electrons. The maximum absolute atomic E-state index is 5.44. The number of methoxy groups -OCH3 is 1. The van der Waals surface area contributed by atoms with Gasteiger partial charge in [0.05, 0.1) is 7.11 Å². The van der Waals surface area contributed by atoms with Crippen molar-refractivity contribution in [3.05, 3.63) is 12.4 Å². The van der Waals surface area contributed by atoms with Crippen LogP contribution in [0.4, 0.5) is 5.82 Å². The molecule has 16 heavy (non-hydrogen) atoms. The largest absolute Gasteiger partial charge is 0.481 e. The highest BCUT2D eigenvalue weighted by atomic mass is 16.5. The number of nitrogens with zero attached hydrogens (tertiary/aromatic N) is 3. The Balaban J connectivity index is 2.42.